The number of anilines is 1. The van der Waals surface area contributed by atoms with Gasteiger partial charge in [0, 0.05) is 11.3 Å². The zero-order chi connectivity index (χ0) is 23.6. The predicted molar refractivity (Wildman–Crippen MR) is 111 cm³/mol. The van der Waals surface area contributed by atoms with E-state index in [4.69, 9.17) is 24.7 Å². The highest BCUT2D eigenvalue weighted by Crippen LogP contribution is 2.54. The lowest BCUT2D eigenvalue weighted by atomic mass is 9.67. The Morgan fingerprint density at radius 1 is 1.16 bits per heavy atom. The lowest BCUT2D eigenvalue weighted by Crippen LogP contribution is -2.51. The van der Waals surface area contributed by atoms with Crippen LogP contribution >= 0.6 is 0 Å². The fraction of sp³-hybridized carbons (Fsp3) is 0.273. The minimum Gasteiger partial charge on any atom is -0.468 e. The van der Waals surface area contributed by atoms with Crippen LogP contribution in [0.15, 0.2) is 59.7 Å². The summed E-state index contributed by atoms with van der Waals surface area (Å²) in [5.41, 5.74) is 3.89. The van der Waals surface area contributed by atoms with Crippen molar-refractivity contribution in [1.29, 1.82) is 0 Å². The second-order valence-electron chi connectivity index (χ2n) is 6.89. The number of rotatable bonds is 6. The first-order chi connectivity index (χ1) is 15.2. The third-order valence-corrected chi connectivity index (χ3v) is 5.22. The molecule has 0 radical (unpaired) electrons. The molecule has 0 aromatic heterocycles. The topological polar surface area (TPSA) is 134 Å². The van der Waals surface area contributed by atoms with Gasteiger partial charge in [-0.15, -0.1) is 0 Å². The van der Waals surface area contributed by atoms with E-state index in [0.717, 1.165) is 12.0 Å². The molecule has 1 atom stereocenters. The Morgan fingerprint density at radius 2 is 1.84 bits per heavy atom. The number of nitrogens with zero attached hydrogens (tertiary/aromatic N) is 1. The molecule has 1 aromatic rings. The molecule has 0 bridgehead atoms. The van der Waals surface area contributed by atoms with Gasteiger partial charge in [-0.1, -0.05) is 30.9 Å². The summed E-state index contributed by atoms with van der Waals surface area (Å²) in [4.78, 5) is 53.2. The van der Waals surface area contributed by atoms with Crippen molar-refractivity contribution in [3.8, 4) is 0 Å². The van der Waals surface area contributed by atoms with E-state index in [1.807, 2.05) is 0 Å². The van der Waals surface area contributed by atoms with Gasteiger partial charge in [-0.05, 0) is 13.0 Å². The number of nitrogens with two attached hydrogens (primary N) is 1. The van der Waals surface area contributed by atoms with E-state index in [2.05, 4.69) is 6.58 Å². The van der Waals surface area contributed by atoms with Gasteiger partial charge in [-0.25, -0.2) is 9.59 Å². The normalized spacial score (nSPS) is 19.5. The van der Waals surface area contributed by atoms with Gasteiger partial charge in [-0.2, -0.15) is 0 Å². The van der Waals surface area contributed by atoms with Crippen LogP contribution in [0.1, 0.15) is 12.5 Å². The SMILES string of the molecule is C=CCOC(=O)C1=C(C)OC(N)=C(C(=O)OC)[C@@]12C(=O)N(CC(=O)OC)c1ccccc12. The van der Waals surface area contributed by atoms with Gasteiger partial charge < -0.3 is 24.7 Å². The van der Waals surface area contributed by atoms with Crippen molar-refractivity contribution in [3.63, 3.8) is 0 Å². The number of allylic oxidation sites excluding steroid dienone is 1. The number of amides is 1. The number of carbonyl (C=O) groups is 4. The van der Waals surface area contributed by atoms with Crippen molar-refractivity contribution in [3.05, 3.63) is 65.3 Å². The maximum Gasteiger partial charge on any atom is 0.340 e. The summed E-state index contributed by atoms with van der Waals surface area (Å²) in [6, 6.07) is 6.40. The first-order valence-corrected chi connectivity index (χ1v) is 9.49. The highest BCUT2D eigenvalue weighted by Gasteiger charge is 2.64. The summed E-state index contributed by atoms with van der Waals surface area (Å²) >= 11 is 0. The molecule has 0 aliphatic carbocycles. The number of ether oxygens (including phenoxy) is 4. The summed E-state index contributed by atoms with van der Waals surface area (Å²) < 4.78 is 20.3. The van der Waals surface area contributed by atoms with Crippen molar-refractivity contribution >= 4 is 29.5 Å². The molecule has 0 fully saturated rings. The Hall–Kier alpha value is -4.08. The first-order valence-electron chi connectivity index (χ1n) is 9.49. The molecule has 2 heterocycles. The highest BCUT2D eigenvalue weighted by atomic mass is 16.5. The van der Waals surface area contributed by atoms with E-state index < -0.39 is 41.7 Å². The van der Waals surface area contributed by atoms with Crippen LogP contribution in [0.4, 0.5) is 5.69 Å². The minimum atomic E-state index is -2.05. The molecule has 10 nitrogen and oxygen atoms in total. The lowest BCUT2D eigenvalue weighted by Gasteiger charge is -2.36. The van der Waals surface area contributed by atoms with Crippen LogP contribution in [0, 0.1) is 0 Å². The van der Waals surface area contributed by atoms with Gasteiger partial charge in [-0.3, -0.25) is 14.5 Å². The molecule has 32 heavy (non-hydrogen) atoms. The van der Waals surface area contributed by atoms with Crippen LogP contribution in [0.2, 0.25) is 0 Å². The molecule has 1 spiro atoms. The summed E-state index contributed by atoms with van der Waals surface area (Å²) in [7, 11) is 2.29. The van der Waals surface area contributed by atoms with E-state index in [9.17, 15) is 19.2 Å². The number of benzene rings is 1. The van der Waals surface area contributed by atoms with Crippen molar-refractivity contribution in [1.82, 2.24) is 0 Å². The molecule has 1 aromatic carbocycles. The predicted octanol–water partition coefficient (Wildman–Crippen LogP) is 0.821. The summed E-state index contributed by atoms with van der Waals surface area (Å²) in [5, 5.41) is 0. The second-order valence-corrected chi connectivity index (χ2v) is 6.89. The number of para-hydroxylation sites is 1. The standard InChI is InChI=1S/C22H22N2O8/c1-5-10-31-20(27)16-12(2)32-18(23)17(19(26)30-4)22(16)13-8-6-7-9-14(13)24(21(22)28)11-15(25)29-3/h5-9H,1,10-11,23H2,2-4H3/t22-/m0/s1. The van der Waals surface area contributed by atoms with Gasteiger partial charge in [0.2, 0.25) is 11.8 Å². The van der Waals surface area contributed by atoms with Gasteiger partial charge in [0.15, 0.2) is 0 Å². The molecule has 0 saturated heterocycles. The van der Waals surface area contributed by atoms with Crippen molar-refractivity contribution in [2.45, 2.75) is 12.3 Å². The molecule has 0 unspecified atom stereocenters. The molecular weight excluding hydrogens is 420 g/mol. The van der Waals surface area contributed by atoms with E-state index in [0.29, 0.717) is 5.69 Å². The number of esters is 3. The number of carbonyl (C=O) groups excluding carboxylic acids is 4. The average molecular weight is 442 g/mol. The Bertz CT molecular complexity index is 1090. The Kier molecular flexibility index (Phi) is 6.06. The van der Waals surface area contributed by atoms with E-state index in [1.165, 1.54) is 20.1 Å². The van der Waals surface area contributed by atoms with Crippen LogP contribution in [0.25, 0.3) is 0 Å². The van der Waals surface area contributed by atoms with Crippen molar-refractivity contribution in [2.24, 2.45) is 5.73 Å². The monoisotopic (exact) mass is 442 g/mol. The molecule has 168 valence electrons. The first kappa shape index (κ1) is 22.6. The summed E-state index contributed by atoms with van der Waals surface area (Å²) in [5.74, 6) is -3.82. The van der Waals surface area contributed by atoms with Crippen LogP contribution in [0.5, 0.6) is 0 Å². The summed E-state index contributed by atoms with van der Waals surface area (Å²) in [6.07, 6.45) is 1.35. The van der Waals surface area contributed by atoms with Crippen molar-refractivity contribution in [2.75, 3.05) is 32.3 Å². The zero-order valence-electron chi connectivity index (χ0n) is 17.8. The number of fused-ring (bicyclic) bond motifs is 2. The third kappa shape index (κ3) is 3.20. The van der Waals surface area contributed by atoms with Gasteiger partial charge >= 0.3 is 17.9 Å². The maximum absolute atomic E-state index is 14.0. The zero-order valence-corrected chi connectivity index (χ0v) is 17.8. The third-order valence-electron chi connectivity index (χ3n) is 5.22. The molecule has 2 N–H and O–H groups in total. The minimum absolute atomic E-state index is 0.0349. The van der Waals surface area contributed by atoms with Gasteiger partial charge in [0.05, 0.1) is 14.2 Å². The summed E-state index contributed by atoms with van der Waals surface area (Å²) in [6.45, 7) is 4.31. The van der Waals surface area contributed by atoms with E-state index in [1.54, 1.807) is 24.3 Å². The average Bonchev–Trinajstić information content (AvgIpc) is 3.00. The molecule has 2 aliphatic heterocycles. The molecule has 1 amide bonds. The van der Waals surface area contributed by atoms with Crippen LogP contribution in [-0.2, 0) is 43.5 Å². The molecular formula is C22H22N2O8. The molecule has 3 rings (SSSR count). The van der Waals surface area contributed by atoms with Crippen molar-refractivity contribution < 1.29 is 38.1 Å². The van der Waals surface area contributed by atoms with Crippen LogP contribution in [-0.4, -0.2) is 51.2 Å². The lowest BCUT2D eigenvalue weighted by molar-refractivity contribution is -0.142. The maximum atomic E-state index is 14.0. The Balaban J connectivity index is 2.38. The number of hydrogen-bond donors (Lipinski definition) is 1. The Morgan fingerprint density at radius 3 is 2.47 bits per heavy atom. The highest BCUT2D eigenvalue weighted by molar-refractivity contribution is 6.23. The van der Waals surface area contributed by atoms with E-state index in [-0.39, 0.29) is 29.1 Å². The fourth-order valence-corrected chi connectivity index (χ4v) is 3.99. The van der Waals surface area contributed by atoms with Crippen LogP contribution in [0.3, 0.4) is 0 Å². The molecule has 0 saturated carbocycles. The quantitative estimate of drug-likeness (QED) is 0.386. The van der Waals surface area contributed by atoms with Crippen LogP contribution < -0.4 is 10.6 Å². The largest absolute Gasteiger partial charge is 0.468 e. The second kappa shape index (κ2) is 8.58. The number of hydrogen-bond acceptors (Lipinski definition) is 9. The van der Waals surface area contributed by atoms with Gasteiger partial charge in [0.1, 0.15) is 35.5 Å². The van der Waals surface area contributed by atoms with E-state index >= 15 is 0 Å². The molecule has 10 heteroatoms. The molecule has 2 aliphatic rings. The Labute approximate surface area is 183 Å². The smallest absolute Gasteiger partial charge is 0.340 e. The van der Waals surface area contributed by atoms with Gasteiger partial charge in [0.25, 0.3) is 0 Å². The fourth-order valence-electron chi connectivity index (χ4n) is 3.99. The number of methoxy groups -OCH3 is 2.